The van der Waals surface area contributed by atoms with E-state index in [0.29, 0.717) is 16.1 Å². The van der Waals surface area contributed by atoms with Gasteiger partial charge in [-0.3, -0.25) is 4.79 Å². The Balaban J connectivity index is 2.12. The van der Waals surface area contributed by atoms with Crippen molar-refractivity contribution in [3.63, 3.8) is 0 Å². The van der Waals surface area contributed by atoms with Crippen LogP contribution in [-0.2, 0) is 7.05 Å². The summed E-state index contributed by atoms with van der Waals surface area (Å²) < 4.78 is 8.28. The predicted octanol–water partition coefficient (Wildman–Crippen LogP) is 3.61. The quantitative estimate of drug-likeness (QED) is 0.722. The largest absolute Gasteiger partial charge is 0.497 e. The summed E-state index contributed by atoms with van der Waals surface area (Å²) in [4.78, 5) is 17.4. The third kappa shape index (κ3) is 2.80. The lowest BCUT2D eigenvalue weighted by atomic mass is 10.1. The van der Waals surface area contributed by atoms with E-state index in [0.717, 1.165) is 10.2 Å². The number of methoxy groups -OCH3 is 1. The number of amides is 1. The monoisotopic (exact) mass is 326 g/mol. The normalized spacial score (nSPS) is 11.9. The molecule has 23 heavy (non-hydrogen) atoms. The number of hydrogen-bond acceptors (Lipinski definition) is 3. The van der Waals surface area contributed by atoms with E-state index in [1.54, 1.807) is 25.3 Å². The standard InChI is InChI=1S/C18H18N2O2S/c1-11-8-9-15-16(12(11)2)20(3)18(23-15)19-17(21)13-6-5-7-14(10-13)22-4/h5-10H,1-4H3. The van der Waals surface area contributed by atoms with Crippen LogP contribution in [0.25, 0.3) is 10.2 Å². The minimum absolute atomic E-state index is 0.263. The predicted molar refractivity (Wildman–Crippen MR) is 93.2 cm³/mol. The summed E-state index contributed by atoms with van der Waals surface area (Å²) in [5.41, 5.74) is 4.11. The highest BCUT2D eigenvalue weighted by Crippen LogP contribution is 2.23. The van der Waals surface area contributed by atoms with E-state index < -0.39 is 0 Å². The molecular formula is C18H18N2O2S. The number of carbonyl (C=O) groups excluding carboxylic acids is 1. The second-order valence-corrected chi connectivity index (χ2v) is 6.46. The van der Waals surface area contributed by atoms with Crippen LogP contribution in [0.5, 0.6) is 5.75 Å². The molecular weight excluding hydrogens is 308 g/mol. The summed E-state index contributed by atoms with van der Waals surface area (Å²) in [6, 6.07) is 11.2. The molecule has 0 spiro atoms. The number of fused-ring (bicyclic) bond motifs is 1. The fraction of sp³-hybridized carbons (Fsp3) is 0.222. The summed E-state index contributed by atoms with van der Waals surface area (Å²) in [5.74, 6) is 0.388. The number of thiazole rings is 1. The number of benzene rings is 2. The molecule has 0 saturated heterocycles. The Labute approximate surface area is 138 Å². The van der Waals surface area contributed by atoms with Crippen molar-refractivity contribution in [3.05, 3.63) is 57.9 Å². The Morgan fingerprint density at radius 1 is 1.22 bits per heavy atom. The Morgan fingerprint density at radius 2 is 2.00 bits per heavy atom. The molecule has 0 aliphatic carbocycles. The zero-order chi connectivity index (χ0) is 16.6. The Hall–Kier alpha value is -2.40. The van der Waals surface area contributed by atoms with Crippen LogP contribution in [0.2, 0.25) is 0 Å². The van der Waals surface area contributed by atoms with Crippen molar-refractivity contribution >= 4 is 27.5 Å². The molecule has 0 saturated carbocycles. The molecule has 0 N–H and O–H groups in total. The minimum Gasteiger partial charge on any atom is -0.497 e. The first-order valence-electron chi connectivity index (χ1n) is 7.30. The molecule has 2 aromatic carbocycles. The summed E-state index contributed by atoms with van der Waals surface area (Å²) in [7, 11) is 3.53. The van der Waals surface area contributed by atoms with Crippen molar-refractivity contribution in [2.24, 2.45) is 12.0 Å². The number of aromatic nitrogens is 1. The van der Waals surface area contributed by atoms with Gasteiger partial charge in [-0.05, 0) is 49.2 Å². The fourth-order valence-corrected chi connectivity index (χ4v) is 3.62. The maximum atomic E-state index is 12.4. The molecule has 0 fully saturated rings. The van der Waals surface area contributed by atoms with Gasteiger partial charge in [0.1, 0.15) is 5.75 Å². The van der Waals surface area contributed by atoms with Gasteiger partial charge in [-0.15, -0.1) is 0 Å². The number of hydrogen-bond donors (Lipinski definition) is 0. The third-order valence-electron chi connectivity index (χ3n) is 4.00. The second kappa shape index (κ2) is 6.01. The van der Waals surface area contributed by atoms with E-state index in [4.69, 9.17) is 4.74 Å². The van der Waals surface area contributed by atoms with E-state index in [1.165, 1.54) is 22.5 Å². The zero-order valence-corrected chi connectivity index (χ0v) is 14.4. The molecule has 1 aromatic heterocycles. The minimum atomic E-state index is -0.263. The topological polar surface area (TPSA) is 43.6 Å². The summed E-state index contributed by atoms with van der Waals surface area (Å²) in [5, 5.41) is 0. The van der Waals surface area contributed by atoms with Crippen molar-refractivity contribution in [1.29, 1.82) is 0 Å². The molecule has 118 valence electrons. The maximum absolute atomic E-state index is 12.4. The van der Waals surface area contributed by atoms with Crippen molar-refractivity contribution in [1.82, 2.24) is 4.57 Å². The van der Waals surface area contributed by atoms with E-state index in [9.17, 15) is 4.79 Å². The molecule has 0 atom stereocenters. The van der Waals surface area contributed by atoms with Crippen LogP contribution in [0.15, 0.2) is 41.4 Å². The number of nitrogens with zero attached hydrogens (tertiary/aromatic N) is 2. The fourth-order valence-electron chi connectivity index (χ4n) is 2.54. The van der Waals surface area contributed by atoms with Crippen LogP contribution in [0.4, 0.5) is 0 Å². The van der Waals surface area contributed by atoms with Crippen molar-refractivity contribution in [2.75, 3.05) is 7.11 Å². The van der Waals surface area contributed by atoms with E-state index >= 15 is 0 Å². The van der Waals surface area contributed by atoms with Crippen molar-refractivity contribution < 1.29 is 9.53 Å². The highest BCUT2D eigenvalue weighted by Gasteiger charge is 2.10. The molecule has 0 aliphatic heterocycles. The molecule has 0 unspecified atom stereocenters. The van der Waals surface area contributed by atoms with Gasteiger partial charge >= 0.3 is 0 Å². The average molecular weight is 326 g/mol. The van der Waals surface area contributed by atoms with Gasteiger partial charge < -0.3 is 9.30 Å². The molecule has 4 nitrogen and oxygen atoms in total. The van der Waals surface area contributed by atoms with Crippen molar-refractivity contribution in [3.8, 4) is 5.75 Å². The SMILES string of the molecule is COc1cccc(C(=O)N=c2sc3ccc(C)c(C)c3n2C)c1. The first kappa shape index (κ1) is 15.5. The molecule has 3 aromatic rings. The van der Waals surface area contributed by atoms with Crippen LogP contribution >= 0.6 is 11.3 Å². The summed E-state index contributed by atoms with van der Waals surface area (Å²) in [6.45, 7) is 4.18. The van der Waals surface area contributed by atoms with Crippen molar-refractivity contribution in [2.45, 2.75) is 13.8 Å². The van der Waals surface area contributed by atoms with Gasteiger partial charge in [0.25, 0.3) is 5.91 Å². The first-order chi connectivity index (χ1) is 11.0. The lowest BCUT2D eigenvalue weighted by Crippen LogP contribution is -2.13. The van der Waals surface area contributed by atoms with E-state index in [2.05, 4.69) is 31.0 Å². The molecule has 3 rings (SSSR count). The number of ether oxygens (including phenoxy) is 1. The first-order valence-corrected chi connectivity index (χ1v) is 8.11. The summed E-state index contributed by atoms with van der Waals surface area (Å²) >= 11 is 1.52. The third-order valence-corrected chi connectivity index (χ3v) is 5.10. The maximum Gasteiger partial charge on any atom is 0.279 e. The van der Waals surface area contributed by atoms with Gasteiger partial charge in [0, 0.05) is 12.6 Å². The average Bonchev–Trinajstić information content (AvgIpc) is 2.87. The lowest BCUT2D eigenvalue weighted by molar-refractivity contribution is 0.0997. The molecule has 5 heteroatoms. The summed E-state index contributed by atoms with van der Waals surface area (Å²) in [6.07, 6.45) is 0. The number of aryl methyl sites for hydroxylation is 3. The van der Waals surface area contributed by atoms with Crippen LogP contribution in [0.3, 0.4) is 0 Å². The van der Waals surface area contributed by atoms with Gasteiger partial charge in [0.05, 0.1) is 17.3 Å². The zero-order valence-electron chi connectivity index (χ0n) is 13.6. The molecule has 0 radical (unpaired) electrons. The van der Waals surface area contributed by atoms with Gasteiger partial charge in [0.15, 0.2) is 4.80 Å². The Kier molecular flexibility index (Phi) is 4.05. The molecule has 1 amide bonds. The van der Waals surface area contributed by atoms with E-state index in [1.807, 2.05) is 17.7 Å². The van der Waals surface area contributed by atoms with Crippen LogP contribution in [0, 0.1) is 13.8 Å². The lowest BCUT2D eigenvalue weighted by Gasteiger charge is -2.03. The number of carbonyl (C=O) groups is 1. The Morgan fingerprint density at radius 3 is 2.74 bits per heavy atom. The molecule has 1 heterocycles. The van der Waals surface area contributed by atoms with Gasteiger partial charge in [-0.2, -0.15) is 4.99 Å². The van der Waals surface area contributed by atoms with E-state index in [-0.39, 0.29) is 5.91 Å². The molecule has 0 aliphatic rings. The van der Waals surface area contributed by atoms with Gasteiger partial charge in [-0.25, -0.2) is 0 Å². The van der Waals surface area contributed by atoms with Crippen LogP contribution in [-0.4, -0.2) is 17.6 Å². The Bertz CT molecular complexity index is 967. The van der Waals surface area contributed by atoms with Crippen LogP contribution < -0.4 is 9.54 Å². The number of rotatable bonds is 2. The molecule has 0 bridgehead atoms. The van der Waals surface area contributed by atoms with Gasteiger partial charge in [0.2, 0.25) is 0 Å². The van der Waals surface area contributed by atoms with Gasteiger partial charge in [-0.1, -0.05) is 23.5 Å². The second-order valence-electron chi connectivity index (χ2n) is 5.45. The van der Waals surface area contributed by atoms with Crippen LogP contribution in [0.1, 0.15) is 21.5 Å². The highest BCUT2D eigenvalue weighted by atomic mass is 32.1. The smallest absolute Gasteiger partial charge is 0.279 e. The highest BCUT2D eigenvalue weighted by molar-refractivity contribution is 7.16.